The van der Waals surface area contributed by atoms with Crippen molar-refractivity contribution in [1.82, 2.24) is 5.32 Å². The van der Waals surface area contributed by atoms with E-state index in [1.165, 1.54) is 16.7 Å². The number of nitrogens with one attached hydrogen (secondary N) is 1. The van der Waals surface area contributed by atoms with Crippen LogP contribution in [0.25, 0.3) is 0 Å². The van der Waals surface area contributed by atoms with E-state index in [0.29, 0.717) is 13.0 Å². The van der Waals surface area contributed by atoms with Crippen LogP contribution in [0.4, 0.5) is 0 Å². The van der Waals surface area contributed by atoms with Gasteiger partial charge >= 0.3 is 5.97 Å². The van der Waals surface area contributed by atoms with Crippen molar-refractivity contribution < 1.29 is 9.90 Å². The number of hydrogen-bond donors (Lipinski definition) is 2. The average Bonchev–Trinajstić information content (AvgIpc) is 2.26. The van der Waals surface area contributed by atoms with Crippen LogP contribution in [-0.4, -0.2) is 17.1 Å². The van der Waals surface area contributed by atoms with Crippen LogP contribution in [-0.2, 0) is 11.3 Å². The lowest BCUT2D eigenvalue weighted by atomic mass is 10.0. The predicted molar refractivity (Wildman–Crippen MR) is 76.3 cm³/mol. The first-order valence-corrected chi connectivity index (χ1v) is 6.07. The van der Waals surface area contributed by atoms with Crippen LogP contribution in [0.5, 0.6) is 0 Å². The van der Waals surface area contributed by atoms with Gasteiger partial charge in [0.15, 0.2) is 0 Å². The summed E-state index contributed by atoms with van der Waals surface area (Å²) in [5.74, 6) is -0.766. The monoisotopic (exact) mass is 271 g/mol. The Hall–Kier alpha value is -1.06. The zero-order valence-electron chi connectivity index (χ0n) is 11.2. The van der Waals surface area contributed by atoms with Crippen molar-refractivity contribution in [2.45, 2.75) is 46.2 Å². The van der Waals surface area contributed by atoms with Gasteiger partial charge in [0.25, 0.3) is 0 Å². The fourth-order valence-corrected chi connectivity index (χ4v) is 1.95. The third-order valence-electron chi connectivity index (χ3n) is 3.05. The fourth-order valence-electron chi connectivity index (χ4n) is 1.95. The van der Waals surface area contributed by atoms with Gasteiger partial charge in [0.05, 0.1) is 0 Å². The molecule has 1 atom stereocenters. The summed E-state index contributed by atoms with van der Waals surface area (Å²) in [4.78, 5) is 11.0. The second-order valence-corrected chi connectivity index (χ2v) is 4.43. The van der Waals surface area contributed by atoms with Crippen LogP contribution in [0.2, 0.25) is 0 Å². The zero-order chi connectivity index (χ0) is 12.8. The van der Waals surface area contributed by atoms with Gasteiger partial charge in [-0.25, -0.2) is 0 Å². The average molecular weight is 272 g/mol. The molecule has 0 heterocycles. The Morgan fingerprint density at radius 3 is 2.33 bits per heavy atom. The highest BCUT2D eigenvalue weighted by atomic mass is 35.5. The van der Waals surface area contributed by atoms with Crippen LogP contribution < -0.4 is 5.32 Å². The van der Waals surface area contributed by atoms with Crippen LogP contribution in [0.3, 0.4) is 0 Å². The van der Waals surface area contributed by atoms with E-state index in [9.17, 15) is 4.79 Å². The summed E-state index contributed by atoms with van der Waals surface area (Å²) in [7, 11) is 0. The molecular weight excluding hydrogens is 250 g/mol. The van der Waals surface area contributed by atoms with E-state index in [-0.39, 0.29) is 12.4 Å². The molecule has 0 aliphatic rings. The molecule has 1 aromatic rings. The summed E-state index contributed by atoms with van der Waals surface area (Å²) in [6.45, 7) is 6.73. The molecule has 2 N–H and O–H groups in total. The van der Waals surface area contributed by atoms with Gasteiger partial charge in [-0.05, 0) is 37.0 Å². The number of rotatable bonds is 6. The van der Waals surface area contributed by atoms with Crippen molar-refractivity contribution in [2.75, 3.05) is 0 Å². The lowest BCUT2D eigenvalue weighted by Crippen LogP contribution is -2.36. The second kappa shape index (κ2) is 8.11. The minimum atomic E-state index is -0.766. The second-order valence-electron chi connectivity index (χ2n) is 4.43. The molecule has 0 saturated heterocycles. The maximum absolute atomic E-state index is 11.0. The van der Waals surface area contributed by atoms with Gasteiger partial charge < -0.3 is 10.4 Å². The van der Waals surface area contributed by atoms with Gasteiger partial charge in [0, 0.05) is 6.54 Å². The maximum Gasteiger partial charge on any atom is 0.320 e. The molecule has 0 radical (unpaired) electrons. The van der Waals surface area contributed by atoms with Crippen LogP contribution in [0.15, 0.2) is 18.2 Å². The third kappa shape index (κ3) is 4.67. The van der Waals surface area contributed by atoms with Gasteiger partial charge in [-0.2, -0.15) is 0 Å². The molecule has 0 bridgehead atoms. The van der Waals surface area contributed by atoms with Crippen LogP contribution in [0, 0.1) is 13.8 Å². The van der Waals surface area contributed by atoms with Crippen molar-refractivity contribution in [3.63, 3.8) is 0 Å². The highest BCUT2D eigenvalue weighted by Gasteiger charge is 2.15. The Morgan fingerprint density at radius 1 is 1.33 bits per heavy atom. The highest BCUT2D eigenvalue weighted by Crippen LogP contribution is 2.13. The van der Waals surface area contributed by atoms with Gasteiger partial charge in [-0.15, -0.1) is 12.4 Å². The van der Waals surface area contributed by atoms with E-state index in [2.05, 4.69) is 31.3 Å². The van der Waals surface area contributed by atoms with Crippen molar-refractivity contribution in [3.8, 4) is 0 Å². The molecule has 18 heavy (non-hydrogen) atoms. The van der Waals surface area contributed by atoms with E-state index >= 15 is 0 Å². The molecule has 0 aliphatic heterocycles. The van der Waals surface area contributed by atoms with E-state index < -0.39 is 12.0 Å². The number of benzene rings is 1. The molecule has 0 saturated carbocycles. The highest BCUT2D eigenvalue weighted by molar-refractivity contribution is 5.85. The first-order chi connectivity index (χ1) is 8.06. The molecule has 0 aromatic heterocycles. The maximum atomic E-state index is 11.0. The van der Waals surface area contributed by atoms with E-state index in [4.69, 9.17) is 5.11 Å². The Labute approximate surface area is 115 Å². The molecule has 0 fully saturated rings. The minimum Gasteiger partial charge on any atom is -0.480 e. The standard InChI is InChI=1S/C14H21NO2.ClH/c1-4-6-13(14(16)17)15-9-12-10(2)7-5-8-11(12)3;/h5,7-8,13,15H,4,6,9H2,1-3H3,(H,16,17);1H. The van der Waals surface area contributed by atoms with Crippen molar-refractivity contribution in [3.05, 3.63) is 34.9 Å². The summed E-state index contributed by atoms with van der Waals surface area (Å²) in [5, 5.41) is 12.2. The van der Waals surface area contributed by atoms with Crippen molar-refractivity contribution in [1.29, 1.82) is 0 Å². The number of halogens is 1. The lowest BCUT2D eigenvalue weighted by Gasteiger charge is -2.16. The summed E-state index contributed by atoms with van der Waals surface area (Å²) in [6.07, 6.45) is 1.54. The Bertz CT molecular complexity index is 373. The van der Waals surface area contributed by atoms with E-state index in [1.54, 1.807) is 0 Å². The van der Waals surface area contributed by atoms with E-state index in [1.807, 2.05) is 13.0 Å². The molecule has 0 spiro atoms. The molecule has 0 amide bonds. The summed E-state index contributed by atoms with van der Waals surface area (Å²) >= 11 is 0. The quantitative estimate of drug-likeness (QED) is 0.836. The smallest absolute Gasteiger partial charge is 0.320 e. The van der Waals surface area contributed by atoms with Crippen LogP contribution >= 0.6 is 12.4 Å². The largest absolute Gasteiger partial charge is 0.480 e. The molecule has 1 rings (SSSR count). The minimum absolute atomic E-state index is 0. The lowest BCUT2D eigenvalue weighted by molar-refractivity contribution is -0.139. The molecule has 102 valence electrons. The Kier molecular flexibility index (Phi) is 7.64. The number of carbonyl (C=O) groups is 1. The Morgan fingerprint density at radius 2 is 1.89 bits per heavy atom. The summed E-state index contributed by atoms with van der Waals surface area (Å²) in [6, 6.07) is 5.69. The summed E-state index contributed by atoms with van der Waals surface area (Å²) in [5.41, 5.74) is 3.62. The van der Waals surface area contributed by atoms with Gasteiger partial charge in [-0.3, -0.25) is 4.79 Å². The third-order valence-corrected chi connectivity index (χ3v) is 3.05. The fraction of sp³-hybridized carbons (Fsp3) is 0.500. The molecule has 3 nitrogen and oxygen atoms in total. The first kappa shape index (κ1) is 16.9. The number of aliphatic carboxylic acids is 1. The van der Waals surface area contributed by atoms with Crippen molar-refractivity contribution >= 4 is 18.4 Å². The zero-order valence-corrected chi connectivity index (χ0v) is 12.0. The van der Waals surface area contributed by atoms with Gasteiger partial charge in [-0.1, -0.05) is 31.5 Å². The topological polar surface area (TPSA) is 49.3 Å². The van der Waals surface area contributed by atoms with E-state index in [0.717, 1.165) is 6.42 Å². The van der Waals surface area contributed by atoms with Crippen LogP contribution in [0.1, 0.15) is 36.5 Å². The van der Waals surface area contributed by atoms with Gasteiger partial charge in [0.2, 0.25) is 0 Å². The number of carboxylic acids is 1. The SMILES string of the molecule is CCCC(NCc1c(C)cccc1C)C(=O)O.Cl. The number of carboxylic acid groups (broad SMARTS) is 1. The number of aryl methyl sites for hydroxylation is 2. The van der Waals surface area contributed by atoms with Crippen molar-refractivity contribution in [2.24, 2.45) is 0 Å². The Balaban J connectivity index is 0.00000289. The normalized spacial score (nSPS) is 11.7. The number of hydrogen-bond acceptors (Lipinski definition) is 2. The van der Waals surface area contributed by atoms with Gasteiger partial charge in [0.1, 0.15) is 6.04 Å². The molecule has 4 heteroatoms. The predicted octanol–water partition coefficient (Wildman–Crippen LogP) is 3.07. The molecule has 0 aliphatic carbocycles. The molecular formula is C14H22ClNO2. The summed E-state index contributed by atoms with van der Waals surface area (Å²) < 4.78 is 0. The first-order valence-electron chi connectivity index (χ1n) is 6.07. The molecule has 1 aromatic carbocycles. The molecule has 1 unspecified atom stereocenters.